The van der Waals surface area contributed by atoms with E-state index in [-0.39, 0.29) is 42.9 Å². The number of fused-ring (bicyclic) bond motifs is 2. The molecule has 10 nitrogen and oxygen atoms in total. The van der Waals surface area contributed by atoms with Crippen LogP contribution >= 0.6 is 22.9 Å². The van der Waals surface area contributed by atoms with Crippen LogP contribution in [-0.2, 0) is 27.8 Å². The van der Waals surface area contributed by atoms with E-state index >= 15 is 0 Å². The molecule has 0 saturated carbocycles. The summed E-state index contributed by atoms with van der Waals surface area (Å²) in [5.41, 5.74) is 1.61. The van der Waals surface area contributed by atoms with E-state index in [1.165, 1.54) is 20.5 Å². The maximum absolute atomic E-state index is 13.6. The van der Waals surface area contributed by atoms with E-state index in [0.717, 1.165) is 30.1 Å². The van der Waals surface area contributed by atoms with Gasteiger partial charge in [0.25, 0.3) is 15.9 Å². The van der Waals surface area contributed by atoms with Gasteiger partial charge in [-0.2, -0.15) is 4.31 Å². The molecule has 2 amide bonds. The lowest BCUT2D eigenvalue weighted by atomic mass is 10.1. The molecule has 1 N–H and O–H groups in total. The van der Waals surface area contributed by atoms with E-state index in [0.29, 0.717) is 20.9 Å². The Labute approximate surface area is 224 Å². The Morgan fingerprint density at radius 1 is 1.22 bits per heavy atom. The van der Waals surface area contributed by atoms with Gasteiger partial charge in [-0.1, -0.05) is 11.6 Å². The highest BCUT2D eigenvalue weighted by atomic mass is 35.5. The van der Waals surface area contributed by atoms with Crippen molar-refractivity contribution in [3.63, 3.8) is 0 Å². The summed E-state index contributed by atoms with van der Waals surface area (Å²) in [6.45, 7) is 1.94. The summed E-state index contributed by atoms with van der Waals surface area (Å²) in [6.07, 6.45) is 0.806. The number of H-pyrrole nitrogens is 1. The van der Waals surface area contributed by atoms with E-state index in [2.05, 4.69) is 14.9 Å². The summed E-state index contributed by atoms with van der Waals surface area (Å²) in [5.74, 6) is -0.432. The smallest absolute Gasteiger partial charge is 0.283 e. The summed E-state index contributed by atoms with van der Waals surface area (Å²) in [6, 6.07) is 6.07. The Bertz CT molecular complexity index is 1470. The number of aromatic nitrogens is 2. The number of nitrogens with zero attached hydrogens (tertiary/aromatic N) is 5. The second-order valence-corrected chi connectivity index (χ2v) is 13.2. The Balaban J connectivity index is 1.41. The van der Waals surface area contributed by atoms with E-state index in [1.54, 1.807) is 43.3 Å². The van der Waals surface area contributed by atoms with Crippen molar-refractivity contribution in [2.75, 3.05) is 47.3 Å². The van der Waals surface area contributed by atoms with Crippen LogP contribution in [-0.4, -0.2) is 103 Å². The Morgan fingerprint density at radius 2 is 2.00 bits per heavy atom. The van der Waals surface area contributed by atoms with Crippen molar-refractivity contribution in [1.82, 2.24) is 29.0 Å². The van der Waals surface area contributed by atoms with Gasteiger partial charge in [-0.25, -0.2) is 13.4 Å². The minimum absolute atomic E-state index is 0.0115. The Hall–Kier alpha value is -2.51. The molecule has 0 aliphatic carbocycles. The van der Waals surface area contributed by atoms with Crippen LogP contribution in [0.15, 0.2) is 29.3 Å². The molecule has 1 saturated heterocycles. The lowest BCUT2D eigenvalue weighted by molar-refractivity contribution is -0.130. The molecule has 2 aliphatic heterocycles. The first-order valence-corrected chi connectivity index (χ1v) is 14.6. The normalized spacial score (nSPS) is 19.2. The molecule has 0 spiro atoms. The van der Waals surface area contributed by atoms with Crippen LogP contribution in [0.1, 0.15) is 26.8 Å². The van der Waals surface area contributed by atoms with Gasteiger partial charge in [0.1, 0.15) is 5.03 Å². The lowest BCUT2D eigenvalue weighted by Gasteiger charge is -2.40. The summed E-state index contributed by atoms with van der Waals surface area (Å²) < 4.78 is 28.5. The molecule has 13 heteroatoms. The van der Waals surface area contributed by atoms with Crippen LogP contribution in [0.4, 0.5) is 0 Å². The maximum atomic E-state index is 13.6. The van der Waals surface area contributed by atoms with Crippen molar-refractivity contribution in [2.45, 2.75) is 30.5 Å². The number of amides is 2. The third-order valence-electron chi connectivity index (χ3n) is 6.90. The van der Waals surface area contributed by atoms with Crippen molar-refractivity contribution >= 4 is 55.7 Å². The molecule has 37 heavy (non-hydrogen) atoms. The fraction of sp³-hybridized carbons (Fsp3) is 0.458. The fourth-order valence-electron chi connectivity index (χ4n) is 4.76. The number of hydrogen-bond acceptors (Lipinski definition) is 7. The molecule has 2 aliphatic rings. The van der Waals surface area contributed by atoms with Crippen LogP contribution < -0.4 is 0 Å². The number of halogens is 1. The first kappa shape index (κ1) is 26.1. The van der Waals surface area contributed by atoms with Crippen LogP contribution in [0.3, 0.4) is 0 Å². The number of hydrogen-bond donors (Lipinski definition) is 1. The Morgan fingerprint density at radius 3 is 2.76 bits per heavy atom. The number of piperazine rings is 1. The largest absolute Gasteiger partial charge is 0.349 e. The van der Waals surface area contributed by atoms with E-state index in [1.807, 2.05) is 7.05 Å². The zero-order chi connectivity index (χ0) is 26.5. The number of likely N-dealkylation sites (N-methyl/N-ethyl adjacent to an activating group) is 1. The first-order chi connectivity index (χ1) is 17.5. The molecular formula is C24H29ClN6O4S2. The first-order valence-electron chi connectivity index (χ1n) is 12.0. The van der Waals surface area contributed by atoms with Crippen LogP contribution in [0.2, 0.25) is 5.02 Å². The molecule has 4 heterocycles. The zero-order valence-electron chi connectivity index (χ0n) is 20.9. The predicted molar refractivity (Wildman–Crippen MR) is 142 cm³/mol. The van der Waals surface area contributed by atoms with Crippen LogP contribution in [0.5, 0.6) is 0 Å². The van der Waals surface area contributed by atoms with Crippen molar-refractivity contribution in [3.8, 4) is 0 Å². The van der Waals surface area contributed by atoms with Gasteiger partial charge in [0.15, 0.2) is 5.01 Å². The number of carbonyl (C=O) groups excluding carboxylic acids is 2. The summed E-state index contributed by atoms with van der Waals surface area (Å²) in [7, 11) is 1.43. The second-order valence-electron chi connectivity index (χ2n) is 9.75. The molecule has 2 aromatic heterocycles. The van der Waals surface area contributed by atoms with Crippen molar-refractivity contribution in [3.05, 3.63) is 44.9 Å². The standard InChI is InChI=1S/C24H29ClN6O4S2/c1-28(2)22(32)12-17-13-30(37(34,35)21-11-15-10-16(25)4-5-18(15)26-21)8-9-31(17)24(33)23-27-19-6-7-29(3)14-20(19)36-23/h4-5,10-11,17,26H,6-9,12-14H2,1-3H3. The minimum Gasteiger partial charge on any atom is -0.349 e. The van der Waals surface area contributed by atoms with Crippen LogP contribution in [0, 0.1) is 0 Å². The van der Waals surface area contributed by atoms with Gasteiger partial charge in [0, 0.05) is 80.5 Å². The third-order valence-corrected chi connectivity index (χ3v) is 9.99. The van der Waals surface area contributed by atoms with E-state index in [4.69, 9.17) is 11.6 Å². The highest BCUT2D eigenvalue weighted by Crippen LogP contribution is 2.29. The monoisotopic (exact) mass is 564 g/mol. The molecule has 198 valence electrons. The highest BCUT2D eigenvalue weighted by molar-refractivity contribution is 7.89. The van der Waals surface area contributed by atoms with Gasteiger partial charge in [-0.15, -0.1) is 11.3 Å². The van der Waals surface area contributed by atoms with Gasteiger partial charge in [0.2, 0.25) is 5.91 Å². The molecule has 0 bridgehead atoms. The molecule has 5 rings (SSSR count). The minimum atomic E-state index is -3.89. The SMILES string of the molecule is CN1CCc2nc(C(=O)N3CCN(S(=O)(=O)c4cc5cc(Cl)ccc5[nH]4)CC3CC(=O)N(C)C)sc2C1. The lowest BCUT2D eigenvalue weighted by Crippen LogP contribution is -2.57. The number of sulfonamides is 1. The molecule has 1 unspecified atom stereocenters. The van der Waals surface area contributed by atoms with Gasteiger partial charge < -0.3 is 19.7 Å². The van der Waals surface area contributed by atoms with Gasteiger partial charge >= 0.3 is 0 Å². The predicted octanol–water partition coefficient (Wildman–Crippen LogP) is 2.26. The highest BCUT2D eigenvalue weighted by Gasteiger charge is 2.39. The molecule has 1 atom stereocenters. The molecular weight excluding hydrogens is 536 g/mol. The number of thiazole rings is 1. The van der Waals surface area contributed by atoms with E-state index in [9.17, 15) is 18.0 Å². The van der Waals surface area contributed by atoms with Crippen molar-refractivity contribution in [2.24, 2.45) is 0 Å². The van der Waals surface area contributed by atoms with Gasteiger partial charge in [0.05, 0.1) is 11.7 Å². The quantitative estimate of drug-likeness (QED) is 0.509. The number of rotatable bonds is 5. The fourth-order valence-corrected chi connectivity index (χ4v) is 7.57. The summed E-state index contributed by atoms with van der Waals surface area (Å²) in [5, 5.41) is 1.66. The van der Waals surface area contributed by atoms with Crippen molar-refractivity contribution < 1.29 is 18.0 Å². The summed E-state index contributed by atoms with van der Waals surface area (Å²) in [4.78, 5) is 40.2. The van der Waals surface area contributed by atoms with Crippen molar-refractivity contribution in [1.29, 1.82) is 0 Å². The topological polar surface area (TPSA) is 110 Å². The number of aromatic amines is 1. The zero-order valence-corrected chi connectivity index (χ0v) is 23.3. The van der Waals surface area contributed by atoms with Gasteiger partial charge in [-0.3, -0.25) is 9.59 Å². The number of nitrogens with one attached hydrogen (secondary N) is 1. The average molecular weight is 565 g/mol. The molecule has 3 aromatic rings. The number of carbonyl (C=O) groups is 2. The van der Waals surface area contributed by atoms with Gasteiger partial charge in [-0.05, 0) is 31.3 Å². The van der Waals surface area contributed by atoms with E-state index < -0.39 is 16.1 Å². The number of benzene rings is 1. The summed E-state index contributed by atoms with van der Waals surface area (Å²) >= 11 is 7.45. The van der Waals surface area contributed by atoms with Crippen LogP contribution in [0.25, 0.3) is 10.9 Å². The maximum Gasteiger partial charge on any atom is 0.283 e. The molecule has 1 aromatic carbocycles. The molecule has 0 radical (unpaired) electrons. The molecule has 1 fully saturated rings. The Kier molecular flexibility index (Phi) is 7.05. The third kappa shape index (κ3) is 5.13. The average Bonchev–Trinajstić information content (AvgIpc) is 3.47. The second kappa shape index (κ2) is 9.99.